The third kappa shape index (κ3) is 3.99. The smallest absolute Gasteiger partial charge is 0.335 e. The number of anilines is 2. The summed E-state index contributed by atoms with van der Waals surface area (Å²) >= 11 is 1.26. The number of imidazole rings is 1. The van der Waals surface area contributed by atoms with Crippen molar-refractivity contribution in [3.8, 4) is 5.13 Å². The number of thiazole rings is 1. The highest BCUT2D eigenvalue weighted by molar-refractivity contribution is 7.12. The second-order valence-corrected chi connectivity index (χ2v) is 9.62. The minimum absolute atomic E-state index is 0.199. The normalized spacial score (nSPS) is 16.4. The number of aryl methyl sites for hydroxylation is 1. The first-order chi connectivity index (χ1) is 16.4. The summed E-state index contributed by atoms with van der Waals surface area (Å²) in [6.45, 7) is 7.00. The molecule has 0 aliphatic carbocycles. The van der Waals surface area contributed by atoms with Crippen LogP contribution in [-0.2, 0) is 7.05 Å². The maximum Gasteiger partial charge on any atom is 0.335 e. The standard InChI is InChI=1S/C24H27N7O2S/c1-15(2)17-13-30(11-10-26-17)19-8-9-25-12-16(19)27-22(32)18-14-34-23(28-18)31-21-7-5-4-6-20(21)29(3)24(31)33/h4-9,12,14-15,17,26H,10-11,13H2,1-3H3,(H,27,32)/t17-/m0/s1. The van der Waals surface area contributed by atoms with Crippen LogP contribution >= 0.6 is 11.3 Å². The quantitative estimate of drug-likeness (QED) is 0.459. The van der Waals surface area contributed by atoms with Gasteiger partial charge in [0.15, 0.2) is 5.13 Å². The summed E-state index contributed by atoms with van der Waals surface area (Å²) in [5.74, 6) is 0.175. The Labute approximate surface area is 201 Å². The lowest BCUT2D eigenvalue weighted by atomic mass is 10.0. The first-order valence-electron chi connectivity index (χ1n) is 11.3. The molecule has 1 saturated heterocycles. The van der Waals surface area contributed by atoms with Crippen molar-refractivity contribution < 1.29 is 4.79 Å². The molecule has 3 aromatic heterocycles. The summed E-state index contributed by atoms with van der Waals surface area (Å²) in [4.78, 5) is 36.9. The van der Waals surface area contributed by atoms with Gasteiger partial charge in [-0.25, -0.2) is 14.3 Å². The molecule has 0 spiro atoms. The van der Waals surface area contributed by atoms with E-state index in [4.69, 9.17) is 0 Å². The highest BCUT2D eigenvalue weighted by Crippen LogP contribution is 2.27. The van der Waals surface area contributed by atoms with Gasteiger partial charge in [-0.3, -0.25) is 14.3 Å². The van der Waals surface area contributed by atoms with Crippen LogP contribution in [0.2, 0.25) is 0 Å². The van der Waals surface area contributed by atoms with Crippen LogP contribution in [0, 0.1) is 5.92 Å². The number of nitrogens with one attached hydrogen (secondary N) is 2. The van der Waals surface area contributed by atoms with Gasteiger partial charge in [-0.05, 0) is 24.1 Å². The van der Waals surface area contributed by atoms with E-state index in [2.05, 4.69) is 39.3 Å². The van der Waals surface area contributed by atoms with Crippen molar-refractivity contribution in [1.29, 1.82) is 0 Å². The van der Waals surface area contributed by atoms with Gasteiger partial charge >= 0.3 is 5.69 Å². The topological polar surface area (TPSA) is 97.1 Å². The Balaban J connectivity index is 1.41. The second-order valence-electron chi connectivity index (χ2n) is 8.78. The lowest BCUT2D eigenvalue weighted by Crippen LogP contribution is -2.53. The van der Waals surface area contributed by atoms with Gasteiger partial charge in [-0.2, -0.15) is 0 Å². The predicted molar refractivity (Wildman–Crippen MR) is 135 cm³/mol. The van der Waals surface area contributed by atoms with Crippen molar-refractivity contribution in [2.24, 2.45) is 13.0 Å². The fourth-order valence-corrected chi connectivity index (χ4v) is 5.15. The van der Waals surface area contributed by atoms with E-state index in [1.807, 2.05) is 30.3 Å². The highest BCUT2D eigenvalue weighted by Gasteiger charge is 2.24. The van der Waals surface area contributed by atoms with Crippen molar-refractivity contribution in [2.75, 3.05) is 29.9 Å². The van der Waals surface area contributed by atoms with E-state index in [0.29, 0.717) is 22.8 Å². The number of benzene rings is 1. The van der Waals surface area contributed by atoms with Gasteiger partial charge in [0, 0.05) is 44.3 Å². The van der Waals surface area contributed by atoms with E-state index in [9.17, 15) is 9.59 Å². The third-order valence-electron chi connectivity index (χ3n) is 6.28. The average molecular weight is 478 g/mol. The number of nitrogens with zero attached hydrogens (tertiary/aromatic N) is 5. The molecule has 0 unspecified atom stereocenters. The number of hydrogen-bond acceptors (Lipinski definition) is 7. The van der Waals surface area contributed by atoms with Crippen LogP contribution in [0.5, 0.6) is 0 Å². The monoisotopic (exact) mass is 477 g/mol. The van der Waals surface area contributed by atoms with Crippen LogP contribution in [-0.4, -0.2) is 50.7 Å². The number of amides is 1. The number of carbonyl (C=O) groups is 1. The Bertz CT molecular complexity index is 1400. The van der Waals surface area contributed by atoms with Crippen LogP contribution in [0.25, 0.3) is 16.2 Å². The molecule has 0 bridgehead atoms. The summed E-state index contributed by atoms with van der Waals surface area (Å²) in [6.07, 6.45) is 3.41. The number of fused-ring (bicyclic) bond motifs is 1. The Morgan fingerprint density at radius 1 is 1.24 bits per heavy atom. The molecule has 1 fully saturated rings. The third-order valence-corrected chi connectivity index (χ3v) is 7.10. The fraction of sp³-hybridized carbons (Fsp3) is 0.333. The molecule has 0 radical (unpaired) electrons. The average Bonchev–Trinajstić information content (AvgIpc) is 3.43. The molecule has 2 N–H and O–H groups in total. The lowest BCUT2D eigenvalue weighted by molar-refractivity contribution is 0.102. The van der Waals surface area contributed by atoms with Gasteiger partial charge in [-0.1, -0.05) is 26.0 Å². The fourth-order valence-electron chi connectivity index (χ4n) is 4.34. The number of rotatable bonds is 5. The first-order valence-corrected chi connectivity index (χ1v) is 12.2. The molecule has 1 aromatic carbocycles. The zero-order valence-electron chi connectivity index (χ0n) is 19.4. The van der Waals surface area contributed by atoms with Crippen molar-refractivity contribution in [3.63, 3.8) is 0 Å². The molecule has 1 atom stereocenters. The minimum Gasteiger partial charge on any atom is -0.367 e. The zero-order chi connectivity index (χ0) is 23.8. The Kier molecular flexibility index (Phi) is 5.93. The predicted octanol–water partition coefficient (Wildman–Crippen LogP) is 2.87. The summed E-state index contributed by atoms with van der Waals surface area (Å²) in [6, 6.07) is 9.84. The number of para-hydroxylation sites is 2. The Morgan fingerprint density at radius 3 is 2.82 bits per heavy atom. The molecule has 1 aliphatic rings. The molecule has 9 nitrogen and oxygen atoms in total. The SMILES string of the molecule is CC(C)[C@@H]1CN(c2ccncc2NC(=O)c2csc(-n3c(=O)n(C)c4ccccc43)n2)CCN1. The van der Waals surface area contributed by atoms with Gasteiger partial charge in [0.2, 0.25) is 0 Å². The molecule has 176 valence electrons. The summed E-state index contributed by atoms with van der Waals surface area (Å²) in [5, 5.41) is 8.67. The highest BCUT2D eigenvalue weighted by atomic mass is 32.1. The van der Waals surface area contributed by atoms with Crippen LogP contribution in [0.3, 0.4) is 0 Å². The van der Waals surface area contributed by atoms with Gasteiger partial charge in [0.1, 0.15) is 5.69 Å². The number of aromatic nitrogens is 4. The maximum absolute atomic E-state index is 13.1. The van der Waals surface area contributed by atoms with E-state index in [1.165, 1.54) is 11.3 Å². The van der Waals surface area contributed by atoms with Crippen molar-refractivity contribution in [3.05, 3.63) is 64.3 Å². The van der Waals surface area contributed by atoms with Crippen LogP contribution in [0.1, 0.15) is 24.3 Å². The number of carbonyl (C=O) groups excluding carboxylic acids is 1. The lowest BCUT2D eigenvalue weighted by Gasteiger charge is -2.37. The number of piperazine rings is 1. The first kappa shape index (κ1) is 22.3. The number of hydrogen-bond donors (Lipinski definition) is 2. The maximum atomic E-state index is 13.1. The van der Waals surface area contributed by atoms with Crippen molar-refractivity contribution >= 4 is 39.7 Å². The van der Waals surface area contributed by atoms with Crippen LogP contribution in [0.15, 0.2) is 52.9 Å². The van der Waals surface area contributed by atoms with Gasteiger partial charge in [0.25, 0.3) is 5.91 Å². The molecule has 5 rings (SSSR count). The van der Waals surface area contributed by atoms with E-state index in [1.54, 1.807) is 34.0 Å². The molecule has 4 heterocycles. The number of pyridine rings is 1. The van der Waals surface area contributed by atoms with Crippen molar-refractivity contribution in [1.82, 2.24) is 24.4 Å². The molecule has 1 amide bonds. The molecule has 10 heteroatoms. The summed E-state index contributed by atoms with van der Waals surface area (Å²) in [5.41, 5.74) is 3.21. The summed E-state index contributed by atoms with van der Waals surface area (Å²) < 4.78 is 3.12. The Morgan fingerprint density at radius 2 is 2.03 bits per heavy atom. The zero-order valence-corrected chi connectivity index (χ0v) is 20.2. The molecular weight excluding hydrogens is 450 g/mol. The molecule has 0 saturated carbocycles. The summed E-state index contributed by atoms with van der Waals surface area (Å²) in [7, 11) is 1.73. The van der Waals surface area contributed by atoms with Gasteiger partial charge < -0.3 is 15.5 Å². The van der Waals surface area contributed by atoms with Crippen molar-refractivity contribution in [2.45, 2.75) is 19.9 Å². The Hall–Kier alpha value is -3.50. The molecule has 4 aromatic rings. The van der Waals surface area contributed by atoms with Gasteiger partial charge in [-0.15, -0.1) is 11.3 Å². The molecular formula is C24H27N7O2S. The molecule has 1 aliphatic heterocycles. The second kappa shape index (κ2) is 9.03. The van der Waals surface area contributed by atoms with Crippen LogP contribution < -0.4 is 21.2 Å². The van der Waals surface area contributed by atoms with E-state index >= 15 is 0 Å². The van der Waals surface area contributed by atoms with E-state index in [0.717, 1.165) is 36.4 Å². The largest absolute Gasteiger partial charge is 0.367 e. The molecule has 34 heavy (non-hydrogen) atoms. The van der Waals surface area contributed by atoms with E-state index < -0.39 is 0 Å². The van der Waals surface area contributed by atoms with Crippen LogP contribution in [0.4, 0.5) is 11.4 Å². The van der Waals surface area contributed by atoms with Gasteiger partial charge in [0.05, 0.1) is 28.6 Å². The van der Waals surface area contributed by atoms with E-state index in [-0.39, 0.29) is 17.3 Å². The minimum atomic E-state index is -0.333.